The molecule has 0 amide bonds. The van der Waals surface area contributed by atoms with Crippen molar-refractivity contribution in [3.05, 3.63) is 28.8 Å². The van der Waals surface area contributed by atoms with E-state index in [4.69, 9.17) is 27.3 Å². The summed E-state index contributed by atoms with van der Waals surface area (Å²) in [4.78, 5) is 0. The van der Waals surface area contributed by atoms with Gasteiger partial charge in [0.25, 0.3) is 0 Å². The molecule has 2 N–H and O–H groups in total. The van der Waals surface area contributed by atoms with Crippen LogP contribution in [0.4, 0.5) is 0 Å². The van der Waals surface area contributed by atoms with Crippen molar-refractivity contribution in [3.8, 4) is 11.8 Å². The van der Waals surface area contributed by atoms with Crippen molar-refractivity contribution >= 4 is 11.6 Å². The van der Waals surface area contributed by atoms with Gasteiger partial charge in [-0.25, -0.2) is 0 Å². The van der Waals surface area contributed by atoms with E-state index >= 15 is 0 Å². The van der Waals surface area contributed by atoms with Gasteiger partial charge in [0.1, 0.15) is 18.4 Å². The lowest BCUT2D eigenvalue weighted by atomic mass is 10.2. The number of aryl methyl sites for hydroxylation is 1. The smallest absolute Gasteiger partial charge is 0.138 e. The second-order valence-electron chi connectivity index (χ2n) is 2.98. The van der Waals surface area contributed by atoms with Crippen molar-refractivity contribution in [2.45, 2.75) is 13.0 Å². The van der Waals surface area contributed by atoms with Gasteiger partial charge in [-0.2, -0.15) is 5.26 Å². The molecule has 1 atom stereocenters. The van der Waals surface area contributed by atoms with Crippen LogP contribution < -0.4 is 10.5 Å². The average molecular weight is 211 g/mol. The Morgan fingerprint density at radius 2 is 2.36 bits per heavy atom. The standard InChI is InChI=1S/C10H11ClN2O/c1-7-2-3-9(11)10(4-7)14-6-8(13)5-12/h2-4,8H,6,13H2,1H3. The molecule has 1 rings (SSSR count). The van der Waals surface area contributed by atoms with Gasteiger partial charge >= 0.3 is 0 Å². The number of halogens is 1. The zero-order valence-electron chi connectivity index (χ0n) is 7.83. The molecule has 14 heavy (non-hydrogen) atoms. The third-order valence-electron chi connectivity index (χ3n) is 1.67. The van der Waals surface area contributed by atoms with E-state index in [-0.39, 0.29) is 6.61 Å². The van der Waals surface area contributed by atoms with Gasteiger partial charge in [0, 0.05) is 0 Å². The molecule has 1 aromatic carbocycles. The molecule has 4 heteroatoms. The Kier molecular flexibility index (Phi) is 3.75. The molecule has 0 radical (unpaired) electrons. The van der Waals surface area contributed by atoms with Gasteiger partial charge < -0.3 is 10.5 Å². The number of nitrogens with zero attached hydrogens (tertiary/aromatic N) is 1. The third kappa shape index (κ3) is 2.91. The van der Waals surface area contributed by atoms with E-state index in [9.17, 15) is 0 Å². The van der Waals surface area contributed by atoms with Crippen molar-refractivity contribution in [3.63, 3.8) is 0 Å². The van der Waals surface area contributed by atoms with Crippen LogP contribution in [-0.2, 0) is 0 Å². The fourth-order valence-electron chi connectivity index (χ4n) is 0.938. The van der Waals surface area contributed by atoms with E-state index in [1.807, 2.05) is 25.1 Å². The lowest BCUT2D eigenvalue weighted by Gasteiger charge is -2.09. The number of ether oxygens (including phenoxy) is 1. The van der Waals surface area contributed by atoms with E-state index < -0.39 is 6.04 Å². The van der Waals surface area contributed by atoms with Crippen LogP contribution in [0.5, 0.6) is 5.75 Å². The summed E-state index contributed by atoms with van der Waals surface area (Å²) in [6.07, 6.45) is 0. The van der Waals surface area contributed by atoms with Crippen LogP contribution in [0.2, 0.25) is 5.02 Å². The second kappa shape index (κ2) is 4.85. The fourth-order valence-corrected chi connectivity index (χ4v) is 1.11. The number of rotatable bonds is 3. The molecule has 0 saturated carbocycles. The number of hydrogen-bond donors (Lipinski definition) is 1. The maximum Gasteiger partial charge on any atom is 0.138 e. The van der Waals surface area contributed by atoms with Crippen LogP contribution in [0, 0.1) is 18.3 Å². The highest BCUT2D eigenvalue weighted by atomic mass is 35.5. The first-order valence-corrected chi connectivity index (χ1v) is 4.55. The first kappa shape index (κ1) is 10.8. The summed E-state index contributed by atoms with van der Waals surface area (Å²) in [7, 11) is 0. The Morgan fingerprint density at radius 1 is 1.64 bits per heavy atom. The minimum Gasteiger partial charge on any atom is -0.489 e. The molecule has 0 bridgehead atoms. The van der Waals surface area contributed by atoms with Crippen LogP contribution in [-0.4, -0.2) is 12.6 Å². The Balaban J connectivity index is 2.67. The van der Waals surface area contributed by atoms with Crippen LogP contribution in [0.15, 0.2) is 18.2 Å². The fraction of sp³-hybridized carbons (Fsp3) is 0.300. The maximum absolute atomic E-state index is 8.45. The summed E-state index contributed by atoms with van der Waals surface area (Å²) in [5.41, 5.74) is 6.43. The second-order valence-corrected chi connectivity index (χ2v) is 3.39. The molecule has 0 aromatic heterocycles. The summed E-state index contributed by atoms with van der Waals surface area (Å²) < 4.78 is 5.29. The summed E-state index contributed by atoms with van der Waals surface area (Å²) >= 11 is 5.87. The molecule has 0 heterocycles. The Morgan fingerprint density at radius 3 is 3.00 bits per heavy atom. The SMILES string of the molecule is Cc1ccc(Cl)c(OCC(N)C#N)c1. The van der Waals surface area contributed by atoms with Crippen LogP contribution in [0.25, 0.3) is 0 Å². The predicted octanol–water partition coefficient (Wildman–Crippen LogP) is 1.88. The Labute approximate surface area is 88.0 Å². The summed E-state index contributed by atoms with van der Waals surface area (Å²) in [6, 6.07) is 6.71. The van der Waals surface area contributed by atoms with Crippen LogP contribution >= 0.6 is 11.6 Å². The third-order valence-corrected chi connectivity index (χ3v) is 1.98. The molecular weight excluding hydrogens is 200 g/mol. The van der Waals surface area contributed by atoms with Crippen molar-refractivity contribution in [1.82, 2.24) is 0 Å². The zero-order valence-corrected chi connectivity index (χ0v) is 8.58. The van der Waals surface area contributed by atoms with Gasteiger partial charge in [0.05, 0.1) is 11.1 Å². The monoisotopic (exact) mass is 210 g/mol. The highest BCUT2D eigenvalue weighted by Gasteiger charge is 2.04. The van der Waals surface area contributed by atoms with Gasteiger partial charge in [-0.05, 0) is 24.6 Å². The van der Waals surface area contributed by atoms with E-state index in [0.29, 0.717) is 10.8 Å². The summed E-state index contributed by atoms with van der Waals surface area (Å²) in [6.45, 7) is 2.09. The Bertz CT molecular complexity index is 360. The minimum atomic E-state index is -0.619. The van der Waals surface area contributed by atoms with Crippen LogP contribution in [0.1, 0.15) is 5.56 Å². The molecule has 1 unspecified atom stereocenters. The van der Waals surface area contributed by atoms with Gasteiger partial charge in [0.15, 0.2) is 0 Å². The highest BCUT2D eigenvalue weighted by Crippen LogP contribution is 2.25. The van der Waals surface area contributed by atoms with Crippen LogP contribution in [0.3, 0.4) is 0 Å². The molecule has 0 fully saturated rings. The van der Waals surface area contributed by atoms with Crippen molar-refractivity contribution < 1.29 is 4.74 Å². The van der Waals surface area contributed by atoms with E-state index in [1.165, 1.54) is 0 Å². The first-order valence-electron chi connectivity index (χ1n) is 4.17. The van der Waals surface area contributed by atoms with Crippen molar-refractivity contribution in [2.75, 3.05) is 6.61 Å². The minimum absolute atomic E-state index is 0.152. The van der Waals surface area contributed by atoms with Gasteiger partial charge in [-0.15, -0.1) is 0 Å². The summed E-state index contributed by atoms with van der Waals surface area (Å²) in [5.74, 6) is 0.567. The van der Waals surface area contributed by atoms with Gasteiger partial charge in [-0.1, -0.05) is 17.7 Å². The zero-order chi connectivity index (χ0) is 10.6. The number of nitrogens with two attached hydrogens (primary N) is 1. The van der Waals surface area contributed by atoms with E-state index in [0.717, 1.165) is 5.56 Å². The Hall–Kier alpha value is -1.24. The molecular formula is C10H11ClN2O. The molecule has 0 aliphatic carbocycles. The maximum atomic E-state index is 8.45. The van der Waals surface area contributed by atoms with E-state index in [2.05, 4.69) is 0 Å². The molecule has 74 valence electrons. The van der Waals surface area contributed by atoms with Gasteiger partial charge in [-0.3, -0.25) is 0 Å². The first-order chi connectivity index (χ1) is 6.63. The quantitative estimate of drug-likeness (QED) is 0.829. The van der Waals surface area contributed by atoms with Crippen molar-refractivity contribution in [1.29, 1.82) is 5.26 Å². The number of benzene rings is 1. The summed E-state index contributed by atoms with van der Waals surface area (Å²) in [5, 5.41) is 8.98. The van der Waals surface area contributed by atoms with Crippen molar-refractivity contribution in [2.24, 2.45) is 5.73 Å². The molecule has 3 nitrogen and oxygen atoms in total. The molecule has 0 aliphatic heterocycles. The number of nitriles is 1. The lowest BCUT2D eigenvalue weighted by Crippen LogP contribution is -2.25. The van der Waals surface area contributed by atoms with E-state index in [1.54, 1.807) is 6.07 Å². The highest BCUT2D eigenvalue weighted by molar-refractivity contribution is 6.32. The van der Waals surface area contributed by atoms with Gasteiger partial charge in [0.2, 0.25) is 0 Å². The largest absolute Gasteiger partial charge is 0.489 e. The molecule has 1 aromatic rings. The molecule has 0 spiro atoms. The molecule has 0 saturated heterocycles. The topological polar surface area (TPSA) is 59.0 Å². The number of hydrogen-bond acceptors (Lipinski definition) is 3. The predicted molar refractivity (Wildman–Crippen MR) is 55.3 cm³/mol. The average Bonchev–Trinajstić information content (AvgIpc) is 2.19. The normalized spacial score (nSPS) is 11.9. The lowest BCUT2D eigenvalue weighted by molar-refractivity contribution is 0.309. The molecule has 0 aliphatic rings.